The number of rotatable bonds is 6. The molecule has 1 amide bonds. The highest BCUT2D eigenvalue weighted by Gasteiger charge is 2.47. The predicted octanol–water partition coefficient (Wildman–Crippen LogP) is 6.21. The molecule has 1 fully saturated rings. The average Bonchev–Trinajstić information content (AvgIpc) is 3.20. The number of benzene rings is 4. The minimum absolute atomic E-state index is 0.0422. The van der Waals surface area contributed by atoms with E-state index < -0.39 is 17.7 Å². The number of ketones is 1. The zero-order valence-corrected chi connectivity index (χ0v) is 21.1. The van der Waals surface area contributed by atoms with Crippen LogP contribution in [0.3, 0.4) is 0 Å². The van der Waals surface area contributed by atoms with E-state index in [2.05, 4.69) is 0 Å². The van der Waals surface area contributed by atoms with Crippen LogP contribution in [0.25, 0.3) is 5.76 Å². The Morgan fingerprint density at radius 2 is 1.55 bits per heavy atom. The second kappa shape index (κ2) is 10.3. The number of ether oxygens (including phenoxy) is 1. The third-order valence-electron chi connectivity index (χ3n) is 6.64. The molecule has 0 bridgehead atoms. The number of anilines is 1. The Hall–Kier alpha value is -4.84. The molecule has 190 valence electrons. The molecule has 2 N–H and O–H groups in total. The quantitative estimate of drug-likeness (QED) is 0.185. The van der Waals surface area contributed by atoms with E-state index in [0.29, 0.717) is 23.5 Å². The monoisotopic (exact) mass is 505 g/mol. The van der Waals surface area contributed by atoms with Gasteiger partial charge in [-0.1, -0.05) is 66.7 Å². The van der Waals surface area contributed by atoms with E-state index >= 15 is 0 Å². The summed E-state index contributed by atoms with van der Waals surface area (Å²) < 4.78 is 5.96. The van der Waals surface area contributed by atoms with Crippen LogP contribution in [-0.4, -0.2) is 21.9 Å². The largest absolute Gasteiger partial charge is 0.507 e. The molecular formula is C32H27NO5. The van der Waals surface area contributed by atoms with Crippen molar-refractivity contribution in [3.8, 4) is 11.5 Å². The lowest BCUT2D eigenvalue weighted by molar-refractivity contribution is -0.132. The van der Waals surface area contributed by atoms with Gasteiger partial charge >= 0.3 is 0 Å². The van der Waals surface area contributed by atoms with E-state index in [9.17, 15) is 19.8 Å². The van der Waals surface area contributed by atoms with Crippen LogP contribution in [0, 0.1) is 13.8 Å². The molecule has 6 nitrogen and oxygen atoms in total. The molecule has 38 heavy (non-hydrogen) atoms. The molecule has 5 rings (SSSR count). The second-order valence-electron chi connectivity index (χ2n) is 9.33. The fourth-order valence-electron chi connectivity index (χ4n) is 4.71. The van der Waals surface area contributed by atoms with Gasteiger partial charge in [0.1, 0.15) is 23.9 Å². The molecule has 0 aromatic heterocycles. The Bertz CT molecular complexity index is 1540. The number of hydrogen-bond acceptors (Lipinski definition) is 5. The maximum Gasteiger partial charge on any atom is 0.300 e. The number of nitrogens with zero attached hydrogens (tertiary/aromatic N) is 1. The summed E-state index contributed by atoms with van der Waals surface area (Å²) in [5.74, 6) is -1.41. The van der Waals surface area contributed by atoms with Crippen molar-refractivity contribution < 1.29 is 24.5 Å². The van der Waals surface area contributed by atoms with Crippen molar-refractivity contribution in [2.75, 3.05) is 4.90 Å². The van der Waals surface area contributed by atoms with Crippen molar-refractivity contribution in [2.45, 2.75) is 26.5 Å². The van der Waals surface area contributed by atoms with Crippen LogP contribution >= 0.6 is 0 Å². The van der Waals surface area contributed by atoms with E-state index in [-0.39, 0.29) is 22.8 Å². The van der Waals surface area contributed by atoms with Crippen LogP contribution in [0.15, 0.2) is 103 Å². The topological polar surface area (TPSA) is 87.1 Å². The molecule has 0 radical (unpaired) electrons. The summed E-state index contributed by atoms with van der Waals surface area (Å²) in [5, 5.41) is 22.0. The van der Waals surface area contributed by atoms with Gasteiger partial charge in [0.25, 0.3) is 11.7 Å². The Morgan fingerprint density at radius 3 is 2.24 bits per heavy atom. The molecule has 1 atom stereocenters. The first-order chi connectivity index (χ1) is 18.3. The lowest BCUT2D eigenvalue weighted by Crippen LogP contribution is -2.29. The van der Waals surface area contributed by atoms with Crippen LogP contribution in [0.4, 0.5) is 5.69 Å². The van der Waals surface area contributed by atoms with Gasteiger partial charge in [0.2, 0.25) is 0 Å². The Morgan fingerprint density at radius 1 is 0.868 bits per heavy atom. The van der Waals surface area contributed by atoms with Crippen molar-refractivity contribution in [3.63, 3.8) is 0 Å². The normalized spacial score (nSPS) is 16.6. The van der Waals surface area contributed by atoms with Gasteiger partial charge in [0.15, 0.2) is 0 Å². The number of aliphatic hydroxyl groups excluding tert-OH is 1. The second-order valence-corrected chi connectivity index (χ2v) is 9.33. The molecule has 1 saturated heterocycles. The van der Waals surface area contributed by atoms with E-state index in [1.165, 1.54) is 11.0 Å². The third kappa shape index (κ3) is 4.64. The van der Waals surface area contributed by atoms with Gasteiger partial charge in [-0.15, -0.1) is 0 Å². The van der Waals surface area contributed by atoms with Crippen molar-refractivity contribution in [2.24, 2.45) is 0 Å². The maximum atomic E-state index is 13.4. The van der Waals surface area contributed by atoms with E-state index in [1.807, 2.05) is 50.2 Å². The maximum absolute atomic E-state index is 13.4. The van der Waals surface area contributed by atoms with E-state index in [4.69, 9.17) is 4.74 Å². The van der Waals surface area contributed by atoms with E-state index in [1.54, 1.807) is 54.6 Å². The van der Waals surface area contributed by atoms with Crippen molar-refractivity contribution in [1.82, 2.24) is 0 Å². The number of hydrogen-bond donors (Lipinski definition) is 2. The van der Waals surface area contributed by atoms with Crippen molar-refractivity contribution in [3.05, 3.63) is 130 Å². The highest BCUT2D eigenvalue weighted by molar-refractivity contribution is 6.52. The summed E-state index contributed by atoms with van der Waals surface area (Å²) in [5.41, 5.74) is 3.80. The molecule has 1 aliphatic rings. The summed E-state index contributed by atoms with van der Waals surface area (Å²) in [4.78, 5) is 28.0. The highest BCUT2D eigenvalue weighted by Crippen LogP contribution is 2.45. The first-order valence-corrected chi connectivity index (χ1v) is 12.3. The summed E-state index contributed by atoms with van der Waals surface area (Å²) in [6.07, 6.45) is 0. The fourth-order valence-corrected chi connectivity index (χ4v) is 4.71. The number of carbonyl (C=O) groups excluding carboxylic acids is 2. The fraction of sp³-hybridized carbons (Fsp3) is 0.125. The smallest absolute Gasteiger partial charge is 0.300 e. The molecule has 1 heterocycles. The molecule has 1 aliphatic heterocycles. The number of aryl methyl sites for hydroxylation is 2. The van der Waals surface area contributed by atoms with Crippen LogP contribution in [0.1, 0.15) is 33.9 Å². The summed E-state index contributed by atoms with van der Waals surface area (Å²) in [6, 6.07) is 27.9. The summed E-state index contributed by atoms with van der Waals surface area (Å²) in [7, 11) is 0. The Kier molecular flexibility index (Phi) is 6.71. The minimum atomic E-state index is -0.918. The lowest BCUT2D eigenvalue weighted by atomic mass is 9.94. The molecule has 6 heteroatoms. The van der Waals surface area contributed by atoms with Crippen LogP contribution in [0.5, 0.6) is 11.5 Å². The van der Waals surface area contributed by atoms with Gasteiger partial charge in [0, 0.05) is 5.56 Å². The zero-order valence-electron chi connectivity index (χ0n) is 21.1. The molecule has 4 aromatic rings. The van der Waals surface area contributed by atoms with Gasteiger partial charge in [-0.3, -0.25) is 14.5 Å². The molecule has 0 aliphatic carbocycles. The first kappa shape index (κ1) is 24.8. The number of aliphatic hydroxyl groups is 1. The standard InChI is InChI=1S/C32H27NO5/c1-20-13-15-26(34)25(17-20)33-29(23-11-7-4-8-12-23)28(31(36)32(33)37)30(35)24-14-16-27(21(2)18-24)38-19-22-9-5-3-6-10-22/h3-18,29,34-35H,19H2,1-2H3/b30-28-. The number of Topliss-reactive ketones (excluding diaryl/α,β-unsaturated/α-hetero) is 1. The third-order valence-corrected chi connectivity index (χ3v) is 6.64. The van der Waals surface area contributed by atoms with Gasteiger partial charge in [-0.25, -0.2) is 0 Å². The lowest BCUT2D eigenvalue weighted by Gasteiger charge is -2.26. The first-order valence-electron chi connectivity index (χ1n) is 12.3. The average molecular weight is 506 g/mol. The van der Waals surface area contributed by atoms with Crippen LogP contribution in [0.2, 0.25) is 0 Å². The van der Waals surface area contributed by atoms with Crippen molar-refractivity contribution >= 4 is 23.1 Å². The van der Waals surface area contributed by atoms with Crippen LogP contribution < -0.4 is 9.64 Å². The SMILES string of the molecule is Cc1ccc(O)c(N2C(=O)C(=O)/C(=C(\O)c3ccc(OCc4ccccc4)c(C)c3)C2c2ccccc2)c1. The van der Waals surface area contributed by atoms with Crippen molar-refractivity contribution in [1.29, 1.82) is 0 Å². The van der Waals surface area contributed by atoms with Gasteiger partial charge in [-0.2, -0.15) is 0 Å². The number of amides is 1. The molecule has 4 aromatic carbocycles. The molecule has 0 saturated carbocycles. The zero-order chi connectivity index (χ0) is 26.8. The predicted molar refractivity (Wildman–Crippen MR) is 146 cm³/mol. The number of carbonyl (C=O) groups is 2. The Labute approximate surface area is 221 Å². The van der Waals surface area contributed by atoms with Crippen LogP contribution in [-0.2, 0) is 16.2 Å². The molecule has 1 unspecified atom stereocenters. The van der Waals surface area contributed by atoms with Gasteiger partial charge in [0.05, 0.1) is 17.3 Å². The Balaban J connectivity index is 1.57. The number of aromatic hydroxyl groups is 1. The highest BCUT2D eigenvalue weighted by atomic mass is 16.5. The minimum Gasteiger partial charge on any atom is -0.507 e. The summed E-state index contributed by atoms with van der Waals surface area (Å²) in [6.45, 7) is 4.09. The van der Waals surface area contributed by atoms with Gasteiger partial charge < -0.3 is 14.9 Å². The number of phenolic OH excluding ortho intramolecular Hbond substituents is 1. The van der Waals surface area contributed by atoms with Gasteiger partial charge in [-0.05, 0) is 66.4 Å². The molecule has 0 spiro atoms. The summed E-state index contributed by atoms with van der Waals surface area (Å²) >= 11 is 0. The van der Waals surface area contributed by atoms with E-state index in [0.717, 1.165) is 16.7 Å². The molecular weight excluding hydrogens is 478 g/mol. The number of phenols is 1.